The molecule has 2 aromatic heterocycles. The number of aryl methyl sites for hydroxylation is 2. The number of para-hydroxylation sites is 3. The summed E-state index contributed by atoms with van der Waals surface area (Å²) in [5.74, 6) is 2.79. The Morgan fingerprint density at radius 3 is 2.67 bits per heavy atom. The van der Waals surface area contributed by atoms with Crippen molar-refractivity contribution in [3.63, 3.8) is 0 Å². The Balaban J connectivity index is 1.27. The number of fused-ring (bicyclic) bond motifs is 2. The van der Waals surface area contributed by atoms with Gasteiger partial charge in [0.1, 0.15) is 5.69 Å². The van der Waals surface area contributed by atoms with Crippen molar-refractivity contribution in [3.05, 3.63) is 72.1 Å². The van der Waals surface area contributed by atoms with Crippen LogP contribution in [0.15, 0.2) is 65.8 Å². The Kier molecular flexibility index (Phi) is 4.83. The third-order valence-corrected chi connectivity index (χ3v) is 8.46. The van der Waals surface area contributed by atoms with Gasteiger partial charge in [-0.3, -0.25) is 4.79 Å². The third-order valence-electron chi connectivity index (χ3n) is 7.33. The van der Waals surface area contributed by atoms with E-state index in [1.54, 1.807) is 16.4 Å². The van der Waals surface area contributed by atoms with Crippen LogP contribution in [0.3, 0.4) is 0 Å². The van der Waals surface area contributed by atoms with E-state index in [9.17, 15) is 4.79 Å². The second-order valence-electron chi connectivity index (χ2n) is 9.30. The molecular formula is C26H27N5OS. The molecule has 2 aromatic carbocycles. The summed E-state index contributed by atoms with van der Waals surface area (Å²) in [6, 6.07) is 20.3. The number of thioether (sulfide) groups is 1. The molecule has 6 nitrogen and oxygen atoms in total. The Hall–Kier alpha value is -3.06. The molecule has 0 bridgehead atoms. The van der Waals surface area contributed by atoms with Crippen LogP contribution in [0.25, 0.3) is 16.7 Å². The van der Waals surface area contributed by atoms with Crippen LogP contribution in [0.4, 0.5) is 0 Å². The molecule has 3 heterocycles. The molecule has 1 saturated carbocycles. The summed E-state index contributed by atoms with van der Waals surface area (Å²) in [6.45, 7) is 5.10. The lowest BCUT2D eigenvalue weighted by atomic mass is 10.1. The number of carbonyl (C=O) groups is 1. The quantitative estimate of drug-likeness (QED) is 0.412. The number of amides is 1. The molecule has 2 aliphatic rings. The molecule has 1 saturated heterocycles. The molecule has 6 rings (SSSR count). The minimum atomic E-state index is 0.0782. The molecular weight excluding hydrogens is 430 g/mol. The number of benzene rings is 2. The normalized spacial score (nSPS) is 23.8. The molecule has 1 aliphatic heterocycles. The second-order valence-corrected chi connectivity index (χ2v) is 10.3. The van der Waals surface area contributed by atoms with Crippen molar-refractivity contribution in [2.75, 3.05) is 12.3 Å². The number of rotatable bonds is 5. The summed E-state index contributed by atoms with van der Waals surface area (Å²) < 4.78 is 3.95. The van der Waals surface area contributed by atoms with Gasteiger partial charge in [0.05, 0.1) is 22.4 Å². The van der Waals surface area contributed by atoms with Crippen LogP contribution in [0.2, 0.25) is 0 Å². The molecule has 1 amide bonds. The van der Waals surface area contributed by atoms with Crippen molar-refractivity contribution in [1.29, 1.82) is 0 Å². The van der Waals surface area contributed by atoms with Crippen molar-refractivity contribution in [2.45, 2.75) is 25.0 Å². The fourth-order valence-electron chi connectivity index (χ4n) is 5.49. The van der Waals surface area contributed by atoms with Gasteiger partial charge in [-0.1, -0.05) is 49.0 Å². The average Bonchev–Trinajstić information content (AvgIpc) is 3.18. The van der Waals surface area contributed by atoms with Gasteiger partial charge in [0, 0.05) is 25.4 Å². The van der Waals surface area contributed by atoms with E-state index in [2.05, 4.69) is 40.7 Å². The highest BCUT2D eigenvalue weighted by molar-refractivity contribution is 7.99. The van der Waals surface area contributed by atoms with Crippen molar-refractivity contribution in [1.82, 2.24) is 24.2 Å². The van der Waals surface area contributed by atoms with Gasteiger partial charge < -0.3 is 9.47 Å². The van der Waals surface area contributed by atoms with E-state index in [1.165, 1.54) is 0 Å². The maximum Gasteiger partial charge on any atom is 0.272 e. The molecule has 1 aliphatic carbocycles. The van der Waals surface area contributed by atoms with Gasteiger partial charge in [-0.25, -0.2) is 9.67 Å². The Morgan fingerprint density at radius 1 is 1.12 bits per heavy atom. The summed E-state index contributed by atoms with van der Waals surface area (Å²) in [7, 11) is 2.07. The molecule has 0 radical (unpaired) electrons. The molecule has 0 spiro atoms. The van der Waals surface area contributed by atoms with Crippen molar-refractivity contribution in [2.24, 2.45) is 24.8 Å². The third kappa shape index (κ3) is 3.37. The predicted molar refractivity (Wildman–Crippen MR) is 131 cm³/mol. The first kappa shape index (κ1) is 20.5. The molecule has 0 unspecified atom stereocenters. The van der Waals surface area contributed by atoms with E-state index in [4.69, 9.17) is 4.98 Å². The van der Waals surface area contributed by atoms with Crippen LogP contribution in [-0.4, -0.2) is 48.5 Å². The number of piperidine rings is 1. The van der Waals surface area contributed by atoms with Crippen LogP contribution in [0.1, 0.15) is 23.1 Å². The summed E-state index contributed by atoms with van der Waals surface area (Å²) in [5, 5.41) is 5.63. The smallest absolute Gasteiger partial charge is 0.272 e. The number of likely N-dealkylation sites (tertiary alicyclic amines) is 1. The molecule has 0 N–H and O–H groups in total. The number of hydrogen-bond acceptors (Lipinski definition) is 4. The highest BCUT2D eigenvalue weighted by Crippen LogP contribution is 2.56. The fraction of sp³-hybridized carbons (Fsp3) is 0.346. The van der Waals surface area contributed by atoms with Crippen LogP contribution >= 0.6 is 11.8 Å². The number of imidazole rings is 1. The predicted octanol–water partition coefficient (Wildman–Crippen LogP) is 4.57. The van der Waals surface area contributed by atoms with Crippen LogP contribution in [0, 0.1) is 24.7 Å². The maximum atomic E-state index is 13.8. The highest BCUT2D eigenvalue weighted by Gasteiger charge is 2.59. The first-order valence-corrected chi connectivity index (χ1v) is 12.5. The summed E-state index contributed by atoms with van der Waals surface area (Å²) in [6.07, 6.45) is 0. The lowest BCUT2D eigenvalue weighted by Gasteiger charge is -2.28. The maximum absolute atomic E-state index is 13.8. The van der Waals surface area contributed by atoms with Gasteiger partial charge in [0.15, 0.2) is 5.16 Å². The highest BCUT2D eigenvalue weighted by atomic mass is 32.2. The van der Waals surface area contributed by atoms with E-state index in [1.807, 2.05) is 55.5 Å². The van der Waals surface area contributed by atoms with Gasteiger partial charge in [-0.05, 0) is 55.0 Å². The Bertz CT molecular complexity index is 1340. The van der Waals surface area contributed by atoms with E-state index in [-0.39, 0.29) is 11.9 Å². The zero-order valence-corrected chi connectivity index (χ0v) is 19.9. The minimum absolute atomic E-state index is 0.0782. The molecule has 33 heavy (non-hydrogen) atoms. The summed E-state index contributed by atoms with van der Waals surface area (Å²) >= 11 is 1.76. The summed E-state index contributed by atoms with van der Waals surface area (Å²) in [5.41, 5.74) is 4.56. The number of hydrogen-bond donors (Lipinski definition) is 0. The molecule has 4 atom stereocenters. The van der Waals surface area contributed by atoms with Gasteiger partial charge in [0.2, 0.25) is 0 Å². The lowest BCUT2D eigenvalue weighted by molar-refractivity contribution is 0.0704. The van der Waals surface area contributed by atoms with Crippen LogP contribution in [0.5, 0.6) is 0 Å². The fourth-order valence-corrected chi connectivity index (χ4v) is 6.66. The number of carbonyl (C=O) groups excluding carboxylic acids is 1. The lowest BCUT2D eigenvalue weighted by Crippen LogP contribution is -2.41. The van der Waals surface area contributed by atoms with E-state index >= 15 is 0 Å². The van der Waals surface area contributed by atoms with E-state index in [0.29, 0.717) is 23.4 Å². The van der Waals surface area contributed by atoms with Gasteiger partial charge in [0.25, 0.3) is 5.91 Å². The zero-order chi connectivity index (χ0) is 22.7. The first-order chi connectivity index (χ1) is 16.0. The molecule has 2 fully saturated rings. The molecule has 168 valence electrons. The van der Waals surface area contributed by atoms with Crippen LogP contribution < -0.4 is 0 Å². The zero-order valence-electron chi connectivity index (χ0n) is 19.0. The number of aromatic nitrogens is 4. The Labute approximate surface area is 197 Å². The monoisotopic (exact) mass is 457 g/mol. The van der Waals surface area contributed by atoms with Crippen molar-refractivity contribution < 1.29 is 4.79 Å². The minimum Gasteiger partial charge on any atom is -0.333 e. The number of nitrogens with zero attached hydrogens (tertiary/aromatic N) is 5. The average molecular weight is 458 g/mol. The molecule has 4 aromatic rings. The van der Waals surface area contributed by atoms with Crippen molar-refractivity contribution >= 4 is 28.7 Å². The molecule has 7 heteroatoms. The topological polar surface area (TPSA) is 56.0 Å². The SMILES string of the molecule is Cc1cc(C(=O)N2C[C@H]3[C@@H](C)[C@H]3[C@H]2CSc2nc3ccccc3n2C)n(-c2ccccc2)n1. The van der Waals surface area contributed by atoms with Gasteiger partial charge >= 0.3 is 0 Å². The van der Waals surface area contributed by atoms with E-state index in [0.717, 1.165) is 39.9 Å². The van der Waals surface area contributed by atoms with Gasteiger partial charge in [-0.2, -0.15) is 5.10 Å². The van der Waals surface area contributed by atoms with Gasteiger partial charge in [-0.15, -0.1) is 0 Å². The second kappa shape index (κ2) is 7.76. The van der Waals surface area contributed by atoms with Crippen LogP contribution in [-0.2, 0) is 7.05 Å². The summed E-state index contributed by atoms with van der Waals surface area (Å²) in [4.78, 5) is 20.7. The standard InChI is InChI=1S/C26H27N5OS/c1-16-13-22(31(28-16)18-9-5-4-6-10-18)25(32)30-14-19-17(2)24(19)23(30)15-33-26-27-20-11-7-8-12-21(20)29(26)3/h4-13,17,19,23-24H,14-15H2,1-3H3/t17-,19+,23-,24-/m1/s1. The van der Waals surface area contributed by atoms with Crippen molar-refractivity contribution in [3.8, 4) is 5.69 Å². The van der Waals surface area contributed by atoms with E-state index < -0.39 is 0 Å². The first-order valence-electron chi connectivity index (χ1n) is 11.5. The largest absolute Gasteiger partial charge is 0.333 e. The Morgan fingerprint density at radius 2 is 1.88 bits per heavy atom.